The number of benzene rings is 2. The Morgan fingerprint density at radius 2 is 2.00 bits per heavy atom. The summed E-state index contributed by atoms with van der Waals surface area (Å²) in [6.45, 7) is 2.88. The number of aliphatic hydroxyl groups excluding tert-OH is 1. The predicted molar refractivity (Wildman–Crippen MR) is 112 cm³/mol. The van der Waals surface area contributed by atoms with E-state index < -0.39 is 12.1 Å². The number of amides is 3. The van der Waals surface area contributed by atoms with Crippen molar-refractivity contribution in [2.24, 2.45) is 0 Å². The molecule has 2 aromatic rings. The van der Waals surface area contributed by atoms with Crippen LogP contribution in [0.3, 0.4) is 0 Å². The fourth-order valence-electron chi connectivity index (χ4n) is 3.43. The molecule has 0 bridgehead atoms. The van der Waals surface area contributed by atoms with E-state index in [1.54, 1.807) is 36.3 Å². The van der Waals surface area contributed by atoms with E-state index in [9.17, 15) is 14.7 Å². The smallest absolute Gasteiger partial charge is 0.319 e. The number of urea groups is 1. The van der Waals surface area contributed by atoms with E-state index in [0.717, 1.165) is 5.56 Å². The van der Waals surface area contributed by atoms with E-state index in [1.165, 1.54) is 0 Å². The van der Waals surface area contributed by atoms with Crippen LogP contribution in [0.25, 0.3) is 0 Å². The number of rotatable bonds is 7. The van der Waals surface area contributed by atoms with Crippen molar-refractivity contribution in [3.8, 4) is 5.75 Å². The number of para-hydroxylation sites is 1. The Labute approximate surface area is 175 Å². The zero-order valence-electron chi connectivity index (χ0n) is 17.1. The summed E-state index contributed by atoms with van der Waals surface area (Å²) in [5.41, 5.74) is 2.09. The normalized spacial score (nSPS) is 17.4. The van der Waals surface area contributed by atoms with Crippen LogP contribution >= 0.6 is 0 Å². The molecule has 2 unspecified atom stereocenters. The van der Waals surface area contributed by atoms with Crippen molar-refractivity contribution in [1.82, 2.24) is 10.2 Å². The van der Waals surface area contributed by atoms with Gasteiger partial charge in [0.15, 0.2) is 0 Å². The molecule has 3 rings (SSSR count). The molecule has 1 saturated heterocycles. The largest absolute Gasteiger partial charge is 0.496 e. The maximum absolute atomic E-state index is 12.6. The van der Waals surface area contributed by atoms with Crippen molar-refractivity contribution >= 4 is 17.6 Å². The van der Waals surface area contributed by atoms with Crippen LogP contribution in [0.4, 0.5) is 10.5 Å². The minimum Gasteiger partial charge on any atom is -0.496 e. The summed E-state index contributed by atoms with van der Waals surface area (Å²) in [7, 11) is 1.59. The van der Waals surface area contributed by atoms with Gasteiger partial charge in [-0.25, -0.2) is 4.79 Å². The lowest BCUT2D eigenvalue weighted by atomic mass is 9.99. The average molecular weight is 413 g/mol. The first-order chi connectivity index (χ1) is 14.5. The number of methoxy groups -OCH3 is 1. The highest BCUT2D eigenvalue weighted by atomic mass is 16.5. The zero-order chi connectivity index (χ0) is 21.5. The number of nitrogens with zero attached hydrogens (tertiary/aromatic N) is 1. The number of nitrogens with one attached hydrogen (secondary N) is 2. The number of carbonyl (C=O) groups excluding carboxylic acids is 2. The van der Waals surface area contributed by atoms with Gasteiger partial charge in [0, 0.05) is 24.3 Å². The Bertz CT molecular complexity index is 871. The third-order valence-corrected chi connectivity index (χ3v) is 4.98. The first-order valence-electron chi connectivity index (χ1n) is 9.85. The number of carbonyl (C=O) groups is 2. The lowest BCUT2D eigenvalue weighted by Crippen LogP contribution is -2.51. The molecule has 8 heteroatoms. The summed E-state index contributed by atoms with van der Waals surface area (Å²) in [6, 6.07) is 13.5. The third kappa shape index (κ3) is 5.08. The van der Waals surface area contributed by atoms with Gasteiger partial charge < -0.3 is 30.1 Å². The molecule has 3 N–H and O–H groups in total. The van der Waals surface area contributed by atoms with Crippen LogP contribution in [0.2, 0.25) is 0 Å². The van der Waals surface area contributed by atoms with Crippen molar-refractivity contribution in [3.63, 3.8) is 0 Å². The fourth-order valence-corrected chi connectivity index (χ4v) is 3.43. The van der Waals surface area contributed by atoms with E-state index in [-0.39, 0.29) is 25.2 Å². The summed E-state index contributed by atoms with van der Waals surface area (Å²) in [4.78, 5) is 25.8. The van der Waals surface area contributed by atoms with Crippen LogP contribution < -0.4 is 15.4 Å². The first-order valence-corrected chi connectivity index (χ1v) is 9.85. The van der Waals surface area contributed by atoms with Crippen molar-refractivity contribution in [2.75, 3.05) is 32.2 Å². The molecular formula is C22H27N3O5. The predicted octanol–water partition coefficient (Wildman–Crippen LogP) is 2.30. The van der Waals surface area contributed by atoms with Crippen molar-refractivity contribution < 1.29 is 24.2 Å². The molecule has 3 amide bonds. The second-order valence-corrected chi connectivity index (χ2v) is 6.97. The summed E-state index contributed by atoms with van der Waals surface area (Å²) >= 11 is 0. The Morgan fingerprint density at radius 3 is 2.70 bits per heavy atom. The lowest BCUT2D eigenvalue weighted by Gasteiger charge is -2.38. The van der Waals surface area contributed by atoms with Gasteiger partial charge in [-0.2, -0.15) is 0 Å². The van der Waals surface area contributed by atoms with E-state index in [4.69, 9.17) is 9.47 Å². The molecule has 0 aromatic heterocycles. The van der Waals surface area contributed by atoms with E-state index in [0.29, 0.717) is 30.1 Å². The molecule has 0 aliphatic carbocycles. The van der Waals surface area contributed by atoms with Crippen LogP contribution in [0.1, 0.15) is 24.2 Å². The zero-order valence-corrected chi connectivity index (χ0v) is 17.1. The minimum atomic E-state index is -0.942. The second-order valence-electron chi connectivity index (χ2n) is 6.97. The Kier molecular flexibility index (Phi) is 7.26. The van der Waals surface area contributed by atoms with Crippen LogP contribution in [-0.2, 0) is 16.1 Å². The van der Waals surface area contributed by atoms with Gasteiger partial charge in [0.2, 0.25) is 5.91 Å². The second kappa shape index (κ2) is 10.1. The van der Waals surface area contributed by atoms with Gasteiger partial charge in [-0.1, -0.05) is 30.3 Å². The number of ether oxygens (including phenoxy) is 2. The summed E-state index contributed by atoms with van der Waals surface area (Å²) in [5, 5.41) is 16.4. The Balaban J connectivity index is 1.76. The molecule has 1 fully saturated rings. The molecule has 8 nitrogen and oxygen atoms in total. The molecule has 1 aliphatic heterocycles. The molecule has 0 spiro atoms. The van der Waals surface area contributed by atoms with E-state index in [1.807, 2.05) is 31.2 Å². The molecule has 1 heterocycles. The monoisotopic (exact) mass is 413 g/mol. The highest BCUT2D eigenvalue weighted by molar-refractivity contribution is 5.89. The molecule has 160 valence electrons. The molecule has 2 atom stereocenters. The van der Waals surface area contributed by atoms with E-state index in [2.05, 4.69) is 10.6 Å². The number of morpholine rings is 1. The molecular weight excluding hydrogens is 386 g/mol. The SMILES string of the molecule is CCNC(=O)Nc1ccc(C(O)C2COCC(=O)N2Cc2ccccc2OC)cc1. The van der Waals surface area contributed by atoms with Crippen LogP contribution in [0.5, 0.6) is 5.75 Å². The Hall–Kier alpha value is -3.10. The number of hydrogen-bond donors (Lipinski definition) is 3. The van der Waals surface area contributed by atoms with Gasteiger partial charge in [-0.3, -0.25) is 4.79 Å². The average Bonchev–Trinajstić information content (AvgIpc) is 2.75. The van der Waals surface area contributed by atoms with Crippen molar-refractivity contribution in [3.05, 3.63) is 59.7 Å². The van der Waals surface area contributed by atoms with Crippen molar-refractivity contribution in [2.45, 2.75) is 25.6 Å². The van der Waals surface area contributed by atoms with Gasteiger partial charge in [-0.05, 0) is 30.7 Å². The first kappa shape index (κ1) is 21.6. The molecule has 1 aliphatic rings. The van der Waals surface area contributed by atoms with Crippen molar-refractivity contribution in [1.29, 1.82) is 0 Å². The minimum absolute atomic E-state index is 0.0201. The van der Waals surface area contributed by atoms with E-state index >= 15 is 0 Å². The van der Waals surface area contributed by atoms with Gasteiger partial charge in [-0.15, -0.1) is 0 Å². The summed E-state index contributed by atoms with van der Waals surface area (Å²) < 4.78 is 10.8. The van der Waals surface area contributed by atoms with Gasteiger partial charge in [0.1, 0.15) is 18.5 Å². The number of hydrogen-bond acceptors (Lipinski definition) is 5. The third-order valence-electron chi connectivity index (χ3n) is 4.98. The Morgan fingerprint density at radius 1 is 1.27 bits per heavy atom. The molecule has 0 saturated carbocycles. The molecule has 0 radical (unpaired) electrons. The highest BCUT2D eigenvalue weighted by Crippen LogP contribution is 2.28. The number of aliphatic hydroxyl groups is 1. The topological polar surface area (TPSA) is 100 Å². The van der Waals surface area contributed by atoms with Crippen LogP contribution in [-0.4, -0.2) is 54.9 Å². The standard InChI is InChI=1S/C22H27N3O5/c1-3-23-22(28)24-17-10-8-15(9-11-17)21(27)18-13-30-14-20(26)25(18)12-16-6-4-5-7-19(16)29-2/h4-11,18,21,27H,3,12-14H2,1-2H3,(H2,23,24,28). The summed E-state index contributed by atoms with van der Waals surface area (Å²) in [5.74, 6) is 0.497. The van der Waals surface area contributed by atoms with Gasteiger partial charge >= 0.3 is 6.03 Å². The maximum atomic E-state index is 12.6. The maximum Gasteiger partial charge on any atom is 0.319 e. The van der Waals surface area contributed by atoms with Crippen LogP contribution in [0.15, 0.2) is 48.5 Å². The highest BCUT2D eigenvalue weighted by Gasteiger charge is 2.35. The molecule has 2 aromatic carbocycles. The van der Waals surface area contributed by atoms with Crippen LogP contribution in [0, 0.1) is 0 Å². The molecule has 30 heavy (non-hydrogen) atoms. The summed E-state index contributed by atoms with van der Waals surface area (Å²) in [6.07, 6.45) is -0.942. The quantitative estimate of drug-likeness (QED) is 0.647. The lowest BCUT2D eigenvalue weighted by molar-refractivity contribution is -0.155. The van der Waals surface area contributed by atoms with Gasteiger partial charge in [0.05, 0.1) is 19.8 Å². The number of anilines is 1. The fraction of sp³-hybridized carbons (Fsp3) is 0.364. The van der Waals surface area contributed by atoms with Gasteiger partial charge in [0.25, 0.3) is 0 Å².